The summed E-state index contributed by atoms with van der Waals surface area (Å²) in [7, 11) is 0. The fraction of sp³-hybridized carbons (Fsp3) is 0.294. The Kier molecular flexibility index (Phi) is 1.64. The van der Waals surface area contributed by atoms with Gasteiger partial charge in [-0.15, -0.1) is 0 Å². The average Bonchev–Trinajstić information content (AvgIpc) is 3.18. The number of carbonyl (C=O) groups excluding carboxylic acids is 1. The van der Waals surface area contributed by atoms with E-state index in [-0.39, 0.29) is 23.0 Å². The number of carbonyl (C=O) groups is 1. The highest BCUT2D eigenvalue weighted by Crippen LogP contribution is 2.30. The summed E-state index contributed by atoms with van der Waals surface area (Å²) in [6, 6.07) is 6.25. The SMILES string of the molecule is [2H]C([2H])([2H])n1c2c(c3ccccc31)C(=O)N(Cc1nc[nH]c1C)C([2H])([2H])C2([2H])[2H]. The summed E-state index contributed by atoms with van der Waals surface area (Å²) >= 11 is 0. The Morgan fingerprint density at radius 2 is 2.32 bits per heavy atom. The van der Waals surface area contributed by atoms with Crippen LogP contribution in [0.25, 0.3) is 10.9 Å². The number of hydrogen-bond donors (Lipinski definition) is 1. The molecule has 0 saturated carbocycles. The van der Waals surface area contributed by atoms with Crippen molar-refractivity contribution >= 4 is 16.8 Å². The van der Waals surface area contributed by atoms with Gasteiger partial charge in [0.1, 0.15) is 0 Å². The van der Waals surface area contributed by atoms with E-state index in [1.54, 1.807) is 25.1 Å². The first kappa shape index (κ1) is 7.63. The van der Waals surface area contributed by atoms with Gasteiger partial charge in [0.2, 0.25) is 0 Å². The maximum atomic E-state index is 13.4. The maximum Gasteiger partial charge on any atom is 0.256 e. The Labute approximate surface area is 138 Å². The molecule has 0 bridgehead atoms. The topological polar surface area (TPSA) is 53.9 Å². The standard InChI is InChI=1S/C17H18N4O/c1-11-13(19-10-18-11)9-21-8-7-15-16(17(21)22)12-5-3-4-6-14(12)20(15)2/h3-6,10H,7-9H2,1-2H3,(H,18,19)/i2D3,7D2,8D2. The average molecular weight is 301 g/mol. The van der Waals surface area contributed by atoms with Crippen molar-refractivity contribution in [3.63, 3.8) is 0 Å². The lowest BCUT2D eigenvalue weighted by atomic mass is 10.0. The Hall–Kier alpha value is -2.56. The minimum atomic E-state index is -2.81. The van der Waals surface area contributed by atoms with Crippen LogP contribution in [0.15, 0.2) is 30.6 Å². The fourth-order valence-electron chi connectivity index (χ4n) is 2.69. The van der Waals surface area contributed by atoms with Crippen LogP contribution in [0, 0.1) is 6.92 Å². The van der Waals surface area contributed by atoms with E-state index in [1.807, 2.05) is 0 Å². The van der Waals surface area contributed by atoms with Crippen molar-refractivity contribution in [2.45, 2.75) is 19.8 Å². The second-order valence-corrected chi connectivity index (χ2v) is 5.18. The molecule has 0 aliphatic carbocycles. The molecule has 0 atom stereocenters. The molecule has 112 valence electrons. The maximum absolute atomic E-state index is 13.4. The van der Waals surface area contributed by atoms with Crippen molar-refractivity contribution in [1.29, 1.82) is 0 Å². The van der Waals surface area contributed by atoms with E-state index in [1.165, 1.54) is 12.4 Å². The number of benzene rings is 1. The van der Waals surface area contributed by atoms with Gasteiger partial charge in [-0.1, -0.05) is 18.2 Å². The molecule has 0 spiro atoms. The molecule has 1 aliphatic rings. The molecule has 3 aromatic rings. The second-order valence-electron chi connectivity index (χ2n) is 5.18. The lowest BCUT2D eigenvalue weighted by Crippen LogP contribution is -2.37. The predicted molar refractivity (Wildman–Crippen MR) is 84.7 cm³/mol. The van der Waals surface area contributed by atoms with Crippen LogP contribution in [0.2, 0.25) is 0 Å². The molecule has 1 aromatic carbocycles. The number of H-pyrrole nitrogens is 1. The van der Waals surface area contributed by atoms with Gasteiger partial charge in [-0.2, -0.15) is 0 Å². The molecular weight excluding hydrogens is 276 g/mol. The summed E-state index contributed by atoms with van der Waals surface area (Å²) in [5, 5.41) is 0.270. The third kappa shape index (κ3) is 1.78. The number of imidazole rings is 1. The van der Waals surface area contributed by atoms with Crippen LogP contribution in [0.3, 0.4) is 0 Å². The predicted octanol–water partition coefficient (Wildman–Crippen LogP) is 2.41. The van der Waals surface area contributed by atoms with Gasteiger partial charge in [0.15, 0.2) is 0 Å². The van der Waals surface area contributed by atoms with Crippen LogP contribution in [0.4, 0.5) is 0 Å². The van der Waals surface area contributed by atoms with Crippen molar-refractivity contribution in [2.75, 3.05) is 6.50 Å². The summed E-state index contributed by atoms with van der Waals surface area (Å²) in [5.41, 5.74) is 0.586. The van der Waals surface area contributed by atoms with Crippen molar-refractivity contribution in [1.82, 2.24) is 19.4 Å². The van der Waals surface area contributed by atoms with Crippen molar-refractivity contribution in [2.24, 2.45) is 6.98 Å². The quantitative estimate of drug-likeness (QED) is 0.790. The number of nitrogens with one attached hydrogen (secondary N) is 1. The highest BCUT2D eigenvalue weighted by molar-refractivity contribution is 6.09. The van der Waals surface area contributed by atoms with E-state index in [0.717, 1.165) is 9.47 Å². The molecule has 4 rings (SSSR count). The molecule has 0 unspecified atom stereocenters. The number of aromatic amines is 1. The van der Waals surface area contributed by atoms with E-state index in [9.17, 15) is 4.79 Å². The van der Waals surface area contributed by atoms with Gasteiger partial charge in [0.05, 0.1) is 24.1 Å². The summed E-state index contributed by atoms with van der Waals surface area (Å²) in [4.78, 5) is 21.1. The van der Waals surface area contributed by atoms with Gasteiger partial charge in [0, 0.05) is 51.7 Å². The normalized spacial score (nSPS) is 24.5. The molecule has 5 nitrogen and oxygen atoms in total. The highest BCUT2D eigenvalue weighted by Gasteiger charge is 2.30. The third-order valence-electron chi connectivity index (χ3n) is 3.89. The van der Waals surface area contributed by atoms with E-state index in [4.69, 9.17) is 9.60 Å². The lowest BCUT2D eigenvalue weighted by Gasteiger charge is -2.27. The second kappa shape index (κ2) is 4.73. The van der Waals surface area contributed by atoms with Crippen LogP contribution < -0.4 is 0 Å². The van der Waals surface area contributed by atoms with Crippen LogP contribution in [0.1, 0.15) is 37.0 Å². The lowest BCUT2D eigenvalue weighted by molar-refractivity contribution is 0.0725. The number of aryl methyl sites for hydroxylation is 2. The molecule has 22 heavy (non-hydrogen) atoms. The van der Waals surface area contributed by atoms with E-state index >= 15 is 0 Å². The molecule has 0 radical (unpaired) electrons. The Morgan fingerprint density at radius 1 is 1.45 bits per heavy atom. The smallest absolute Gasteiger partial charge is 0.256 e. The van der Waals surface area contributed by atoms with Gasteiger partial charge in [-0.25, -0.2) is 4.98 Å². The van der Waals surface area contributed by atoms with Crippen LogP contribution in [0.5, 0.6) is 0 Å². The van der Waals surface area contributed by atoms with Crippen molar-refractivity contribution in [3.8, 4) is 0 Å². The molecule has 5 heteroatoms. The summed E-state index contributed by atoms with van der Waals surface area (Å²) in [6.07, 6.45) is -1.37. The van der Waals surface area contributed by atoms with Crippen LogP contribution in [-0.4, -0.2) is 31.8 Å². The number of nitrogens with zero attached hydrogens (tertiary/aromatic N) is 3. The van der Waals surface area contributed by atoms with Crippen molar-refractivity contribution in [3.05, 3.63) is 53.2 Å². The molecule has 1 aliphatic heterocycles. The Morgan fingerprint density at radius 3 is 3.09 bits per heavy atom. The van der Waals surface area contributed by atoms with E-state index in [0.29, 0.717) is 11.4 Å². The van der Waals surface area contributed by atoms with Gasteiger partial charge >= 0.3 is 0 Å². The van der Waals surface area contributed by atoms with Gasteiger partial charge in [-0.05, 0) is 13.0 Å². The van der Waals surface area contributed by atoms with Gasteiger partial charge < -0.3 is 14.5 Å². The van der Waals surface area contributed by atoms with Crippen molar-refractivity contribution < 1.29 is 14.4 Å². The van der Waals surface area contributed by atoms with E-state index in [2.05, 4.69) is 9.97 Å². The highest BCUT2D eigenvalue weighted by atomic mass is 16.2. The zero-order chi connectivity index (χ0) is 21.4. The Bertz CT molecular complexity index is 1130. The molecule has 1 N–H and O–H groups in total. The molecule has 0 fully saturated rings. The number of para-hydroxylation sites is 1. The van der Waals surface area contributed by atoms with Gasteiger partial charge in [-0.3, -0.25) is 4.79 Å². The fourth-order valence-corrected chi connectivity index (χ4v) is 2.69. The summed E-state index contributed by atoms with van der Waals surface area (Å²) in [6.45, 7) is -4.14. The minimum Gasteiger partial charge on any atom is -0.348 e. The zero-order valence-electron chi connectivity index (χ0n) is 18.8. The first-order valence-electron chi connectivity index (χ1n) is 10.3. The molecule has 2 aromatic heterocycles. The zero-order valence-corrected chi connectivity index (χ0v) is 11.8. The number of hydrogen-bond acceptors (Lipinski definition) is 2. The van der Waals surface area contributed by atoms with Crippen LogP contribution >= 0.6 is 0 Å². The summed E-state index contributed by atoms with van der Waals surface area (Å²) in [5.74, 6) is -0.776. The van der Waals surface area contributed by atoms with Gasteiger partial charge in [0.25, 0.3) is 5.91 Å². The Balaban J connectivity index is 2.04. The molecule has 1 amide bonds. The first-order valence-corrected chi connectivity index (χ1v) is 6.84. The molecular formula is C17H18N4O. The molecule has 0 saturated heterocycles. The number of rotatable bonds is 2. The molecule has 3 heterocycles. The van der Waals surface area contributed by atoms with E-state index < -0.39 is 31.4 Å². The number of fused-ring (bicyclic) bond motifs is 3. The third-order valence-corrected chi connectivity index (χ3v) is 3.89. The largest absolute Gasteiger partial charge is 0.348 e. The monoisotopic (exact) mass is 301 g/mol. The minimum absolute atomic E-state index is 0.134. The first-order chi connectivity index (χ1) is 13.4. The van der Waals surface area contributed by atoms with Crippen LogP contribution in [-0.2, 0) is 19.9 Å². The number of amides is 1. The summed E-state index contributed by atoms with van der Waals surface area (Å²) < 4.78 is 58.5. The number of aromatic nitrogens is 3.